The molecule has 1 amide bonds. The zero-order valence-corrected chi connectivity index (χ0v) is 10.3. The standard InChI is InChI=1S/C11H20N2O4/c1-11(7-17-6-8(11)12)10(16)13(2)5-3-4-9(14)15/h8H,3-7,12H2,1-2H3,(H,14,15). The molecule has 6 heteroatoms. The fourth-order valence-electron chi connectivity index (χ4n) is 1.91. The Morgan fingerprint density at radius 2 is 2.24 bits per heavy atom. The van der Waals surface area contributed by atoms with Crippen molar-refractivity contribution in [3.63, 3.8) is 0 Å². The largest absolute Gasteiger partial charge is 0.481 e. The van der Waals surface area contributed by atoms with E-state index in [2.05, 4.69) is 0 Å². The summed E-state index contributed by atoms with van der Waals surface area (Å²) in [6, 6.07) is -0.295. The smallest absolute Gasteiger partial charge is 0.303 e. The molecule has 3 N–H and O–H groups in total. The van der Waals surface area contributed by atoms with E-state index in [0.717, 1.165) is 0 Å². The molecule has 0 aromatic rings. The highest BCUT2D eigenvalue weighted by Gasteiger charge is 2.45. The molecule has 0 saturated carbocycles. The van der Waals surface area contributed by atoms with Crippen LogP contribution in [-0.4, -0.2) is 54.7 Å². The van der Waals surface area contributed by atoms with E-state index in [1.54, 1.807) is 14.0 Å². The van der Waals surface area contributed by atoms with E-state index < -0.39 is 11.4 Å². The number of carbonyl (C=O) groups is 2. The SMILES string of the molecule is CN(CCCC(=O)O)C(=O)C1(C)COCC1N. The monoisotopic (exact) mass is 244 g/mol. The number of rotatable bonds is 5. The Balaban J connectivity index is 2.48. The van der Waals surface area contributed by atoms with Gasteiger partial charge in [0, 0.05) is 26.1 Å². The summed E-state index contributed by atoms with van der Waals surface area (Å²) in [5.41, 5.74) is 5.18. The van der Waals surface area contributed by atoms with Crippen molar-refractivity contribution in [3.05, 3.63) is 0 Å². The third-order valence-electron chi connectivity index (χ3n) is 3.24. The average Bonchev–Trinajstić information content (AvgIpc) is 2.58. The lowest BCUT2D eigenvalue weighted by Crippen LogP contribution is -2.50. The maximum atomic E-state index is 12.2. The van der Waals surface area contributed by atoms with Gasteiger partial charge < -0.3 is 20.5 Å². The fourth-order valence-corrected chi connectivity index (χ4v) is 1.91. The van der Waals surface area contributed by atoms with Crippen LogP contribution in [0.15, 0.2) is 0 Å². The maximum Gasteiger partial charge on any atom is 0.303 e. The molecule has 1 aliphatic heterocycles. The van der Waals surface area contributed by atoms with Crippen molar-refractivity contribution < 1.29 is 19.4 Å². The third-order valence-corrected chi connectivity index (χ3v) is 3.24. The predicted molar refractivity (Wildman–Crippen MR) is 61.4 cm³/mol. The number of ether oxygens (including phenoxy) is 1. The number of carboxylic acids is 1. The predicted octanol–water partition coefficient (Wildman–Crippen LogP) is -0.327. The average molecular weight is 244 g/mol. The van der Waals surface area contributed by atoms with Crippen LogP contribution in [0.4, 0.5) is 0 Å². The highest BCUT2D eigenvalue weighted by Crippen LogP contribution is 2.29. The van der Waals surface area contributed by atoms with Crippen LogP contribution in [0.1, 0.15) is 19.8 Å². The molecule has 1 fully saturated rings. The van der Waals surface area contributed by atoms with Gasteiger partial charge in [0.2, 0.25) is 5.91 Å². The van der Waals surface area contributed by atoms with Gasteiger partial charge in [-0.25, -0.2) is 0 Å². The first-order chi connectivity index (χ1) is 7.88. The van der Waals surface area contributed by atoms with Crippen molar-refractivity contribution in [1.29, 1.82) is 0 Å². The van der Waals surface area contributed by atoms with Crippen LogP contribution >= 0.6 is 0 Å². The summed E-state index contributed by atoms with van der Waals surface area (Å²) >= 11 is 0. The molecule has 17 heavy (non-hydrogen) atoms. The number of nitrogens with zero attached hydrogens (tertiary/aromatic N) is 1. The third kappa shape index (κ3) is 3.17. The number of amides is 1. The van der Waals surface area contributed by atoms with Gasteiger partial charge in [-0.15, -0.1) is 0 Å². The second-order valence-electron chi connectivity index (χ2n) is 4.76. The first-order valence-corrected chi connectivity index (χ1v) is 5.68. The van der Waals surface area contributed by atoms with Crippen LogP contribution in [0.25, 0.3) is 0 Å². The highest BCUT2D eigenvalue weighted by molar-refractivity contribution is 5.83. The molecule has 0 radical (unpaired) electrons. The second kappa shape index (κ2) is 5.46. The zero-order chi connectivity index (χ0) is 13.1. The maximum absolute atomic E-state index is 12.2. The summed E-state index contributed by atoms with van der Waals surface area (Å²) < 4.78 is 5.22. The van der Waals surface area contributed by atoms with Gasteiger partial charge in [-0.1, -0.05) is 0 Å². The molecule has 0 aliphatic carbocycles. The second-order valence-corrected chi connectivity index (χ2v) is 4.76. The van der Waals surface area contributed by atoms with Gasteiger partial charge in [0.05, 0.1) is 18.6 Å². The summed E-state index contributed by atoms with van der Waals surface area (Å²) in [5, 5.41) is 8.53. The van der Waals surface area contributed by atoms with Crippen molar-refractivity contribution in [2.75, 3.05) is 26.8 Å². The molecule has 0 bridgehead atoms. The van der Waals surface area contributed by atoms with Gasteiger partial charge in [0.25, 0.3) is 0 Å². The first kappa shape index (κ1) is 13.9. The van der Waals surface area contributed by atoms with E-state index in [9.17, 15) is 9.59 Å². The van der Waals surface area contributed by atoms with Gasteiger partial charge in [0.15, 0.2) is 0 Å². The molecule has 0 aromatic heterocycles. The van der Waals surface area contributed by atoms with Gasteiger partial charge in [0.1, 0.15) is 0 Å². The number of nitrogens with two attached hydrogens (primary N) is 1. The summed E-state index contributed by atoms with van der Waals surface area (Å²) in [4.78, 5) is 24.1. The Morgan fingerprint density at radius 3 is 2.71 bits per heavy atom. The van der Waals surface area contributed by atoms with Crippen molar-refractivity contribution in [2.24, 2.45) is 11.1 Å². The summed E-state index contributed by atoms with van der Waals surface area (Å²) in [6.07, 6.45) is 0.515. The molecular weight excluding hydrogens is 224 g/mol. The number of hydrogen-bond donors (Lipinski definition) is 2. The summed E-state index contributed by atoms with van der Waals surface area (Å²) in [5.74, 6) is -0.925. The fraction of sp³-hybridized carbons (Fsp3) is 0.818. The highest BCUT2D eigenvalue weighted by atomic mass is 16.5. The summed E-state index contributed by atoms with van der Waals surface area (Å²) in [6.45, 7) is 2.94. The molecule has 2 unspecified atom stereocenters. The number of hydrogen-bond acceptors (Lipinski definition) is 4. The Kier molecular flexibility index (Phi) is 4.47. The van der Waals surface area contributed by atoms with Crippen molar-refractivity contribution in [1.82, 2.24) is 4.90 Å². The van der Waals surface area contributed by atoms with Crippen molar-refractivity contribution in [3.8, 4) is 0 Å². The normalized spacial score (nSPS) is 28.1. The van der Waals surface area contributed by atoms with E-state index >= 15 is 0 Å². The minimum Gasteiger partial charge on any atom is -0.481 e. The molecular formula is C11H20N2O4. The van der Waals surface area contributed by atoms with Crippen LogP contribution in [0, 0.1) is 5.41 Å². The first-order valence-electron chi connectivity index (χ1n) is 5.68. The quantitative estimate of drug-likeness (QED) is 0.691. The molecule has 0 aromatic carbocycles. The Bertz CT molecular complexity index is 308. The van der Waals surface area contributed by atoms with Crippen LogP contribution in [0.5, 0.6) is 0 Å². The van der Waals surface area contributed by atoms with Gasteiger partial charge in [-0.05, 0) is 13.3 Å². The lowest BCUT2D eigenvalue weighted by Gasteiger charge is -2.30. The van der Waals surface area contributed by atoms with Gasteiger partial charge in [-0.3, -0.25) is 9.59 Å². The topological polar surface area (TPSA) is 92.9 Å². The number of aliphatic carboxylic acids is 1. The van der Waals surface area contributed by atoms with Crippen LogP contribution in [0.2, 0.25) is 0 Å². The molecule has 1 saturated heterocycles. The minimum atomic E-state index is -0.849. The zero-order valence-electron chi connectivity index (χ0n) is 10.3. The van der Waals surface area contributed by atoms with E-state index in [0.29, 0.717) is 26.2 Å². The Hall–Kier alpha value is -1.14. The van der Waals surface area contributed by atoms with Crippen LogP contribution in [0.3, 0.4) is 0 Å². The Labute approximate surface area is 101 Å². The van der Waals surface area contributed by atoms with E-state index in [-0.39, 0.29) is 18.4 Å². The number of carboxylic acid groups (broad SMARTS) is 1. The van der Waals surface area contributed by atoms with Gasteiger partial charge in [-0.2, -0.15) is 0 Å². The van der Waals surface area contributed by atoms with Crippen molar-refractivity contribution in [2.45, 2.75) is 25.8 Å². The molecule has 0 spiro atoms. The molecule has 98 valence electrons. The molecule has 1 heterocycles. The van der Waals surface area contributed by atoms with Gasteiger partial charge >= 0.3 is 5.97 Å². The Morgan fingerprint density at radius 1 is 1.59 bits per heavy atom. The lowest BCUT2D eigenvalue weighted by molar-refractivity contribution is -0.142. The number of carbonyl (C=O) groups excluding carboxylic acids is 1. The molecule has 6 nitrogen and oxygen atoms in total. The van der Waals surface area contributed by atoms with Crippen LogP contribution in [-0.2, 0) is 14.3 Å². The van der Waals surface area contributed by atoms with E-state index in [4.69, 9.17) is 15.6 Å². The van der Waals surface area contributed by atoms with Crippen molar-refractivity contribution >= 4 is 11.9 Å². The van der Waals surface area contributed by atoms with Crippen LogP contribution < -0.4 is 5.73 Å². The molecule has 1 rings (SSSR count). The van der Waals surface area contributed by atoms with E-state index in [1.165, 1.54) is 4.90 Å². The molecule has 2 atom stereocenters. The summed E-state index contributed by atoms with van der Waals surface area (Å²) in [7, 11) is 1.67. The lowest BCUT2D eigenvalue weighted by atomic mass is 9.84. The minimum absolute atomic E-state index is 0.0664. The van der Waals surface area contributed by atoms with E-state index in [1.807, 2.05) is 0 Å². The molecule has 1 aliphatic rings.